The van der Waals surface area contributed by atoms with Crippen LogP contribution in [0.25, 0.3) is 0 Å². The summed E-state index contributed by atoms with van der Waals surface area (Å²) in [5.41, 5.74) is -2.61. The molecule has 0 amide bonds. The van der Waals surface area contributed by atoms with Crippen LogP contribution in [0, 0.1) is 22.2 Å². The van der Waals surface area contributed by atoms with E-state index in [1.165, 1.54) is 0 Å². The van der Waals surface area contributed by atoms with E-state index in [0.717, 1.165) is 25.7 Å². The number of aliphatic carboxylic acids is 1. The maximum atomic E-state index is 12.3. The van der Waals surface area contributed by atoms with Crippen LogP contribution >= 0.6 is 0 Å². The first-order chi connectivity index (χ1) is 16.8. The Hall–Kier alpha value is -0.850. The van der Waals surface area contributed by atoms with Gasteiger partial charge in [0, 0.05) is 5.41 Å². The predicted octanol–water partition coefficient (Wildman–Crippen LogP) is 0.553. The monoisotopic (exact) mass is 514 g/mol. The number of carbonyl (C=O) groups is 1. The van der Waals surface area contributed by atoms with E-state index in [1.807, 2.05) is 6.92 Å². The van der Waals surface area contributed by atoms with Crippen LogP contribution in [0.2, 0.25) is 0 Å². The molecule has 206 valence electrons. The fraction of sp³-hybridized carbons (Fsp3) is 0.962. The highest BCUT2D eigenvalue weighted by molar-refractivity contribution is 5.75. The number of hydrogen-bond donors (Lipinski definition) is 6. The van der Waals surface area contributed by atoms with Gasteiger partial charge in [0.15, 0.2) is 6.29 Å². The quantitative estimate of drug-likeness (QED) is 0.275. The van der Waals surface area contributed by atoms with Crippen molar-refractivity contribution in [1.29, 1.82) is 0 Å². The molecule has 12 atom stereocenters. The number of ether oxygens (including phenoxy) is 3. The third-order valence-corrected chi connectivity index (χ3v) is 10.9. The Labute approximate surface area is 211 Å². The summed E-state index contributed by atoms with van der Waals surface area (Å²) in [4.78, 5) is 12.3. The van der Waals surface area contributed by atoms with Gasteiger partial charge in [0.05, 0.1) is 24.7 Å². The Bertz CT molecular complexity index is 883. The predicted molar refractivity (Wildman–Crippen MR) is 125 cm³/mol. The van der Waals surface area contributed by atoms with Crippen molar-refractivity contribution < 1.29 is 49.6 Å². The van der Waals surface area contributed by atoms with E-state index in [2.05, 4.69) is 13.8 Å². The van der Waals surface area contributed by atoms with Crippen LogP contribution in [-0.2, 0) is 19.0 Å². The summed E-state index contributed by atoms with van der Waals surface area (Å²) in [7, 11) is 0. The van der Waals surface area contributed by atoms with Crippen LogP contribution in [0.5, 0.6) is 0 Å². The number of aliphatic hydroxyl groups excluding tert-OH is 5. The molecule has 3 aliphatic carbocycles. The van der Waals surface area contributed by atoms with Crippen LogP contribution in [0.15, 0.2) is 0 Å². The highest BCUT2D eigenvalue weighted by Crippen LogP contribution is 2.78. The average molecular weight is 515 g/mol. The zero-order valence-electron chi connectivity index (χ0n) is 21.4. The molecule has 0 bridgehead atoms. The lowest BCUT2D eigenvalue weighted by molar-refractivity contribution is -0.302. The van der Waals surface area contributed by atoms with Gasteiger partial charge in [-0.25, -0.2) is 0 Å². The minimum absolute atomic E-state index is 0.152. The molecule has 2 saturated heterocycles. The standard InChI is InChI=1S/C26H42O10/c1-22(9-10-34-20-19(31)18(30)17(29)14(12-27)35-20)7-8-26-24(3)6-4-5-23(2,21(32)33)15(24)11-16(28)25(26,13-22)36-26/h14-20,27-31H,4-13H2,1-3H3,(H,32,33)/t14-,15-,16+,17-,18+,19-,20-,22-,23-,24-,25-,26-/m0/s1. The summed E-state index contributed by atoms with van der Waals surface area (Å²) in [6, 6.07) is 0. The first-order valence-corrected chi connectivity index (χ1v) is 13.3. The van der Waals surface area contributed by atoms with Gasteiger partial charge in [-0.1, -0.05) is 20.3 Å². The third kappa shape index (κ3) is 3.49. The smallest absolute Gasteiger partial charge is 0.309 e. The lowest BCUT2D eigenvalue weighted by atomic mass is 9.42. The van der Waals surface area contributed by atoms with Crippen molar-refractivity contribution in [2.45, 2.75) is 120 Å². The number of epoxide rings is 1. The van der Waals surface area contributed by atoms with E-state index in [0.29, 0.717) is 25.7 Å². The second kappa shape index (κ2) is 8.58. The summed E-state index contributed by atoms with van der Waals surface area (Å²) >= 11 is 0. The molecule has 5 rings (SSSR count). The Morgan fingerprint density at radius 1 is 1.00 bits per heavy atom. The van der Waals surface area contributed by atoms with Crippen molar-refractivity contribution in [3.05, 3.63) is 0 Å². The minimum Gasteiger partial charge on any atom is -0.481 e. The molecule has 0 spiro atoms. The Morgan fingerprint density at radius 3 is 2.39 bits per heavy atom. The summed E-state index contributed by atoms with van der Waals surface area (Å²) in [6.07, 6.45) is -1.72. The lowest BCUT2D eigenvalue weighted by Gasteiger charge is -2.59. The van der Waals surface area contributed by atoms with Crippen molar-refractivity contribution in [1.82, 2.24) is 0 Å². The first-order valence-electron chi connectivity index (χ1n) is 13.3. The molecular formula is C26H42O10. The molecule has 36 heavy (non-hydrogen) atoms. The van der Waals surface area contributed by atoms with Gasteiger partial charge in [0.2, 0.25) is 0 Å². The normalized spacial score (nSPS) is 56.3. The molecular weight excluding hydrogens is 472 g/mol. The SMILES string of the molecule is C[C@@]1(CCO[C@H]2O[C@@H](CO)[C@H](O)[C@@H](O)[C@@H]2O)CC[C@@]23O[C@@]2(C1)[C@H](O)C[C@@H]1[C@]3(C)CCC[C@]1(C)C(=O)O. The number of rotatable bonds is 6. The van der Waals surface area contributed by atoms with E-state index in [4.69, 9.17) is 14.2 Å². The Balaban J connectivity index is 1.28. The van der Waals surface area contributed by atoms with Gasteiger partial charge in [-0.05, 0) is 63.2 Å². The molecule has 2 heterocycles. The fourth-order valence-corrected chi connectivity index (χ4v) is 8.66. The third-order valence-electron chi connectivity index (χ3n) is 10.9. The largest absolute Gasteiger partial charge is 0.481 e. The van der Waals surface area contributed by atoms with Crippen LogP contribution in [-0.4, -0.2) is 97.8 Å². The average Bonchev–Trinajstić information content (AvgIpc) is 3.53. The molecule has 2 aliphatic heterocycles. The maximum absolute atomic E-state index is 12.3. The van der Waals surface area contributed by atoms with Crippen LogP contribution in [0.4, 0.5) is 0 Å². The number of carboxylic acids is 1. The summed E-state index contributed by atoms with van der Waals surface area (Å²) in [5, 5.41) is 61.1. The second-order valence-electron chi connectivity index (χ2n) is 12.9. The molecule has 10 heteroatoms. The molecule has 0 aromatic carbocycles. The van der Waals surface area contributed by atoms with Gasteiger partial charge in [-0.3, -0.25) is 4.79 Å². The molecule has 0 radical (unpaired) electrons. The summed E-state index contributed by atoms with van der Waals surface area (Å²) < 4.78 is 17.8. The van der Waals surface area contributed by atoms with Crippen molar-refractivity contribution >= 4 is 5.97 Å². The first kappa shape index (κ1) is 26.7. The minimum atomic E-state index is -1.48. The van der Waals surface area contributed by atoms with E-state index in [-0.39, 0.29) is 23.4 Å². The number of aliphatic hydroxyl groups is 5. The summed E-state index contributed by atoms with van der Waals surface area (Å²) in [5.74, 6) is -0.943. The fourth-order valence-electron chi connectivity index (χ4n) is 8.66. The maximum Gasteiger partial charge on any atom is 0.309 e. The van der Waals surface area contributed by atoms with Crippen LogP contribution in [0.1, 0.15) is 72.1 Å². The van der Waals surface area contributed by atoms with Crippen molar-refractivity contribution in [3.8, 4) is 0 Å². The molecule has 3 saturated carbocycles. The van der Waals surface area contributed by atoms with E-state index >= 15 is 0 Å². The number of carboxylic acid groups (broad SMARTS) is 1. The molecule has 10 nitrogen and oxygen atoms in total. The molecule has 6 N–H and O–H groups in total. The Kier molecular flexibility index (Phi) is 6.37. The topological polar surface area (TPSA) is 169 Å². The highest BCUT2D eigenvalue weighted by atomic mass is 16.7. The van der Waals surface area contributed by atoms with E-state index in [9.17, 15) is 35.4 Å². The number of fused-ring (bicyclic) bond motifs is 1. The van der Waals surface area contributed by atoms with Gasteiger partial charge in [0.1, 0.15) is 35.6 Å². The zero-order chi connectivity index (χ0) is 26.3. The summed E-state index contributed by atoms with van der Waals surface area (Å²) in [6.45, 7) is 5.85. The Morgan fingerprint density at radius 2 is 1.72 bits per heavy atom. The molecule has 0 aromatic heterocycles. The lowest BCUT2D eigenvalue weighted by Crippen LogP contribution is -2.64. The van der Waals surface area contributed by atoms with Gasteiger partial charge < -0.3 is 44.8 Å². The van der Waals surface area contributed by atoms with Crippen molar-refractivity contribution in [2.24, 2.45) is 22.2 Å². The van der Waals surface area contributed by atoms with Crippen LogP contribution < -0.4 is 0 Å². The van der Waals surface area contributed by atoms with Gasteiger partial charge in [0.25, 0.3) is 0 Å². The number of hydrogen-bond acceptors (Lipinski definition) is 9. The zero-order valence-corrected chi connectivity index (χ0v) is 21.4. The molecule has 0 unspecified atom stereocenters. The van der Waals surface area contributed by atoms with Crippen molar-refractivity contribution in [3.63, 3.8) is 0 Å². The van der Waals surface area contributed by atoms with Crippen LogP contribution in [0.3, 0.4) is 0 Å². The molecule has 0 aromatic rings. The molecule has 5 fully saturated rings. The van der Waals surface area contributed by atoms with Crippen molar-refractivity contribution in [2.75, 3.05) is 13.2 Å². The van der Waals surface area contributed by atoms with E-state index in [1.54, 1.807) is 0 Å². The van der Waals surface area contributed by atoms with Gasteiger partial charge in [-0.2, -0.15) is 0 Å². The molecule has 5 aliphatic rings. The van der Waals surface area contributed by atoms with Gasteiger partial charge in [-0.15, -0.1) is 0 Å². The second-order valence-corrected chi connectivity index (χ2v) is 12.9. The highest BCUT2D eigenvalue weighted by Gasteiger charge is 2.86. The van der Waals surface area contributed by atoms with E-state index < -0.39 is 66.0 Å². The van der Waals surface area contributed by atoms with Gasteiger partial charge >= 0.3 is 5.97 Å².